The van der Waals surface area contributed by atoms with Crippen LogP contribution in [0.1, 0.15) is 26.3 Å². The predicted octanol–water partition coefficient (Wildman–Crippen LogP) is 2.12. The monoisotopic (exact) mass is 221 g/mol. The van der Waals surface area contributed by atoms with Crippen LogP contribution in [0.3, 0.4) is 0 Å². The molecule has 0 spiro atoms. The van der Waals surface area contributed by atoms with E-state index in [-0.39, 0.29) is 18.1 Å². The van der Waals surface area contributed by atoms with Crippen LogP contribution in [0.5, 0.6) is 0 Å². The lowest BCUT2D eigenvalue weighted by Crippen LogP contribution is -2.42. The van der Waals surface area contributed by atoms with Gasteiger partial charge in [-0.2, -0.15) is 0 Å². The molecule has 0 saturated heterocycles. The number of benzene rings is 1. The van der Waals surface area contributed by atoms with Gasteiger partial charge in [-0.3, -0.25) is 4.79 Å². The maximum atomic E-state index is 11.4. The number of rotatable bonds is 4. The molecule has 0 aliphatic carbocycles. The average Bonchev–Trinajstić information content (AvgIpc) is 2.16. The van der Waals surface area contributed by atoms with Crippen molar-refractivity contribution < 1.29 is 9.53 Å². The van der Waals surface area contributed by atoms with Crippen molar-refractivity contribution >= 4 is 5.91 Å². The second-order valence-electron chi connectivity index (χ2n) is 4.78. The van der Waals surface area contributed by atoms with Crippen molar-refractivity contribution in [2.45, 2.75) is 32.9 Å². The van der Waals surface area contributed by atoms with Crippen LogP contribution in [-0.4, -0.2) is 18.1 Å². The van der Waals surface area contributed by atoms with Gasteiger partial charge in [0.2, 0.25) is 5.91 Å². The predicted molar refractivity (Wildman–Crippen MR) is 64.0 cm³/mol. The van der Waals surface area contributed by atoms with Gasteiger partial charge in [0, 0.05) is 5.54 Å². The lowest BCUT2D eigenvalue weighted by Gasteiger charge is -2.20. The zero-order valence-electron chi connectivity index (χ0n) is 10.1. The summed E-state index contributed by atoms with van der Waals surface area (Å²) >= 11 is 0. The van der Waals surface area contributed by atoms with Crippen LogP contribution >= 0.6 is 0 Å². The fourth-order valence-corrected chi connectivity index (χ4v) is 1.29. The molecular weight excluding hydrogens is 202 g/mol. The third-order valence-electron chi connectivity index (χ3n) is 1.86. The summed E-state index contributed by atoms with van der Waals surface area (Å²) in [5, 5.41) is 2.84. The summed E-state index contributed by atoms with van der Waals surface area (Å²) in [6, 6.07) is 9.81. The zero-order valence-corrected chi connectivity index (χ0v) is 10.1. The first-order valence-corrected chi connectivity index (χ1v) is 5.40. The summed E-state index contributed by atoms with van der Waals surface area (Å²) in [5.74, 6) is -0.0802. The molecule has 0 radical (unpaired) electrons. The molecule has 0 saturated carbocycles. The maximum Gasteiger partial charge on any atom is 0.246 e. The first-order chi connectivity index (χ1) is 7.47. The van der Waals surface area contributed by atoms with Gasteiger partial charge in [-0.15, -0.1) is 0 Å². The van der Waals surface area contributed by atoms with E-state index < -0.39 is 0 Å². The summed E-state index contributed by atoms with van der Waals surface area (Å²) in [6.07, 6.45) is 0. The van der Waals surface area contributed by atoms with Crippen LogP contribution in [0.4, 0.5) is 0 Å². The van der Waals surface area contributed by atoms with E-state index in [9.17, 15) is 4.79 Å². The van der Waals surface area contributed by atoms with E-state index in [4.69, 9.17) is 4.74 Å². The van der Waals surface area contributed by atoms with E-state index >= 15 is 0 Å². The molecule has 3 nitrogen and oxygen atoms in total. The second-order valence-corrected chi connectivity index (χ2v) is 4.78. The van der Waals surface area contributed by atoms with E-state index in [0.717, 1.165) is 5.56 Å². The first-order valence-electron chi connectivity index (χ1n) is 5.40. The Hall–Kier alpha value is -1.35. The summed E-state index contributed by atoms with van der Waals surface area (Å²) in [6.45, 7) is 6.41. The number of ether oxygens (including phenoxy) is 1. The van der Waals surface area contributed by atoms with Gasteiger partial charge < -0.3 is 10.1 Å². The van der Waals surface area contributed by atoms with Crippen molar-refractivity contribution in [1.82, 2.24) is 5.32 Å². The normalized spacial score (nSPS) is 11.2. The molecule has 88 valence electrons. The summed E-state index contributed by atoms with van der Waals surface area (Å²) in [4.78, 5) is 11.4. The van der Waals surface area contributed by atoms with Crippen LogP contribution < -0.4 is 5.32 Å². The average molecular weight is 221 g/mol. The number of hydrogen-bond donors (Lipinski definition) is 1. The smallest absolute Gasteiger partial charge is 0.246 e. The quantitative estimate of drug-likeness (QED) is 0.845. The number of hydrogen-bond acceptors (Lipinski definition) is 2. The molecule has 1 aromatic carbocycles. The molecule has 0 aromatic heterocycles. The van der Waals surface area contributed by atoms with Crippen LogP contribution in [0.25, 0.3) is 0 Å². The Morgan fingerprint density at radius 1 is 1.25 bits per heavy atom. The van der Waals surface area contributed by atoms with Crippen LogP contribution in [0, 0.1) is 0 Å². The minimum absolute atomic E-state index is 0.0802. The molecular formula is C13H19NO2. The van der Waals surface area contributed by atoms with E-state index in [1.165, 1.54) is 0 Å². The van der Waals surface area contributed by atoms with Crippen LogP contribution in [-0.2, 0) is 16.1 Å². The number of amides is 1. The highest BCUT2D eigenvalue weighted by molar-refractivity contribution is 5.77. The van der Waals surface area contributed by atoms with Crippen molar-refractivity contribution in [3.05, 3.63) is 35.9 Å². The van der Waals surface area contributed by atoms with Crippen molar-refractivity contribution in [2.75, 3.05) is 6.61 Å². The highest BCUT2D eigenvalue weighted by atomic mass is 16.5. The van der Waals surface area contributed by atoms with E-state index in [1.807, 2.05) is 51.1 Å². The highest BCUT2D eigenvalue weighted by Gasteiger charge is 2.13. The lowest BCUT2D eigenvalue weighted by atomic mass is 10.1. The molecule has 0 bridgehead atoms. The Morgan fingerprint density at radius 3 is 2.44 bits per heavy atom. The fraction of sp³-hybridized carbons (Fsp3) is 0.462. The van der Waals surface area contributed by atoms with Gasteiger partial charge in [0.25, 0.3) is 0 Å². The largest absolute Gasteiger partial charge is 0.367 e. The molecule has 16 heavy (non-hydrogen) atoms. The Labute approximate surface area is 96.8 Å². The highest BCUT2D eigenvalue weighted by Crippen LogP contribution is 2.01. The van der Waals surface area contributed by atoms with Gasteiger partial charge in [0.05, 0.1) is 6.61 Å². The van der Waals surface area contributed by atoms with Crippen LogP contribution in [0.15, 0.2) is 30.3 Å². The van der Waals surface area contributed by atoms with Crippen molar-refractivity contribution in [3.63, 3.8) is 0 Å². The molecule has 1 aromatic rings. The van der Waals surface area contributed by atoms with Gasteiger partial charge >= 0.3 is 0 Å². The Bertz CT molecular complexity index is 328. The van der Waals surface area contributed by atoms with E-state index in [2.05, 4.69) is 5.32 Å². The van der Waals surface area contributed by atoms with Gasteiger partial charge in [0.15, 0.2) is 0 Å². The minimum Gasteiger partial charge on any atom is -0.367 e. The van der Waals surface area contributed by atoms with Gasteiger partial charge in [-0.25, -0.2) is 0 Å². The summed E-state index contributed by atoms with van der Waals surface area (Å²) < 4.78 is 5.32. The van der Waals surface area contributed by atoms with Crippen molar-refractivity contribution in [3.8, 4) is 0 Å². The van der Waals surface area contributed by atoms with Crippen molar-refractivity contribution in [2.24, 2.45) is 0 Å². The molecule has 0 unspecified atom stereocenters. The minimum atomic E-state index is -0.201. The topological polar surface area (TPSA) is 38.3 Å². The van der Waals surface area contributed by atoms with E-state index in [0.29, 0.717) is 6.61 Å². The third-order valence-corrected chi connectivity index (χ3v) is 1.86. The maximum absolute atomic E-state index is 11.4. The second kappa shape index (κ2) is 5.66. The molecule has 0 aliphatic rings. The Morgan fingerprint density at radius 2 is 1.88 bits per heavy atom. The Balaban J connectivity index is 2.24. The molecule has 1 amide bonds. The molecule has 0 aliphatic heterocycles. The zero-order chi connectivity index (χ0) is 12.0. The SMILES string of the molecule is CC(C)(C)NC(=O)COCc1ccccc1. The van der Waals surface area contributed by atoms with Crippen molar-refractivity contribution in [1.29, 1.82) is 0 Å². The standard InChI is InChI=1S/C13H19NO2/c1-13(2,3)14-12(15)10-16-9-11-7-5-4-6-8-11/h4-8H,9-10H2,1-3H3,(H,14,15). The molecule has 1 rings (SSSR count). The fourth-order valence-electron chi connectivity index (χ4n) is 1.29. The summed E-state index contributed by atoms with van der Waals surface area (Å²) in [5.41, 5.74) is 0.874. The molecule has 0 heterocycles. The van der Waals surface area contributed by atoms with E-state index in [1.54, 1.807) is 0 Å². The number of nitrogens with one attached hydrogen (secondary N) is 1. The molecule has 0 atom stereocenters. The lowest BCUT2D eigenvalue weighted by molar-refractivity contribution is -0.127. The molecule has 1 N–H and O–H groups in total. The number of carbonyl (C=O) groups is 1. The summed E-state index contributed by atoms with van der Waals surface area (Å²) in [7, 11) is 0. The van der Waals surface area contributed by atoms with Gasteiger partial charge in [-0.05, 0) is 26.3 Å². The Kier molecular flexibility index (Phi) is 4.50. The molecule has 0 fully saturated rings. The van der Waals surface area contributed by atoms with Gasteiger partial charge in [0.1, 0.15) is 6.61 Å². The third kappa shape index (κ3) is 5.51. The molecule has 3 heteroatoms. The number of carbonyl (C=O) groups excluding carboxylic acids is 1. The first kappa shape index (κ1) is 12.7. The van der Waals surface area contributed by atoms with Gasteiger partial charge in [-0.1, -0.05) is 30.3 Å². The van der Waals surface area contributed by atoms with Crippen LogP contribution in [0.2, 0.25) is 0 Å².